The fourth-order valence-corrected chi connectivity index (χ4v) is 4.22. The number of methoxy groups -OCH3 is 1. The molecule has 166 valence electrons. The van der Waals surface area contributed by atoms with E-state index in [0.29, 0.717) is 28.0 Å². The molecule has 11 heteroatoms. The number of unbranched alkanes of at least 4 members (excludes halogenated alkanes) is 1. The number of ether oxygens (including phenoxy) is 1. The van der Waals surface area contributed by atoms with Crippen molar-refractivity contribution in [1.82, 2.24) is 18.7 Å². The summed E-state index contributed by atoms with van der Waals surface area (Å²) in [6.07, 6.45) is 1.64. The average molecular weight is 455 g/mol. The van der Waals surface area contributed by atoms with Gasteiger partial charge in [0.05, 0.1) is 18.2 Å². The Bertz CT molecular complexity index is 1430. The number of hydrogen-bond acceptors (Lipinski definition) is 7. The molecule has 4 rings (SSSR count). The second kappa shape index (κ2) is 8.79. The Hall–Kier alpha value is -3.73. The average Bonchev–Trinajstić information content (AvgIpc) is 3.39. The molecule has 4 aromatic rings. The van der Waals surface area contributed by atoms with Crippen molar-refractivity contribution in [1.29, 1.82) is 0 Å². The molecule has 0 aliphatic rings. The minimum absolute atomic E-state index is 0.191. The van der Waals surface area contributed by atoms with Gasteiger partial charge < -0.3 is 10.1 Å². The predicted octanol–water partition coefficient (Wildman–Crippen LogP) is 2.10. The molecular formula is C21H21N5O5S. The van der Waals surface area contributed by atoms with E-state index in [4.69, 9.17) is 0 Å². The fraction of sp³-hybridized carbons (Fsp3) is 0.286. The molecule has 0 bridgehead atoms. The molecule has 3 heterocycles. The smallest absolute Gasteiger partial charge is 0.352 e. The van der Waals surface area contributed by atoms with E-state index in [2.05, 4.69) is 15.2 Å². The molecule has 10 nitrogen and oxygen atoms in total. The quantitative estimate of drug-likeness (QED) is 0.427. The number of nitrogens with one attached hydrogen (secondary N) is 1. The van der Waals surface area contributed by atoms with Crippen LogP contribution in [0.5, 0.6) is 0 Å². The molecule has 0 atom stereocenters. The molecule has 3 aromatic heterocycles. The van der Waals surface area contributed by atoms with Gasteiger partial charge in [-0.1, -0.05) is 13.3 Å². The van der Waals surface area contributed by atoms with Crippen molar-refractivity contribution in [2.45, 2.75) is 32.9 Å². The van der Waals surface area contributed by atoms with E-state index < -0.39 is 17.6 Å². The maximum atomic E-state index is 13.0. The lowest BCUT2D eigenvalue weighted by Crippen LogP contribution is -2.29. The van der Waals surface area contributed by atoms with Gasteiger partial charge in [-0.25, -0.2) is 18.7 Å². The first-order chi connectivity index (χ1) is 15.4. The number of fused-ring (bicyclic) bond motifs is 3. The number of hydrogen-bond donors (Lipinski definition) is 1. The summed E-state index contributed by atoms with van der Waals surface area (Å²) < 4.78 is 9.04. The molecule has 0 saturated carbocycles. The number of nitrogens with zero attached hydrogens (tertiary/aromatic N) is 4. The van der Waals surface area contributed by atoms with Crippen molar-refractivity contribution < 1.29 is 14.3 Å². The SMILES string of the molecule is CCCCn1c(=O)c2sccc2n2c(=O)n(CC(=O)Nc3ccc(C(=O)OC)cc3)nc12. The maximum absolute atomic E-state index is 13.0. The number of rotatable bonds is 7. The summed E-state index contributed by atoms with van der Waals surface area (Å²) in [5, 5.41) is 8.72. The second-order valence-corrected chi connectivity index (χ2v) is 8.05. The Kier molecular flexibility index (Phi) is 5.91. The van der Waals surface area contributed by atoms with Crippen LogP contribution in [0.2, 0.25) is 0 Å². The third kappa shape index (κ3) is 3.82. The molecule has 0 radical (unpaired) electrons. The molecule has 0 fully saturated rings. The molecule has 0 aliphatic heterocycles. The van der Waals surface area contributed by atoms with Crippen molar-refractivity contribution >= 4 is 44.9 Å². The van der Waals surface area contributed by atoms with E-state index in [1.165, 1.54) is 39.5 Å². The highest BCUT2D eigenvalue weighted by atomic mass is 32.1. The number of aryl methyl sites for hydroxylation is 1. The zero-order valence-corrected chi connectivity index (χ0v) is 18.3. The number of thiophene rings is 1. The summed E-state index contributed by atoms with van der Waals surface area (Å²) in [7, 11) is 1.29. The Balaban J connectivity index is 1.65. The van der Waals surface area contributed by atoms with Crippen LogP contribution in [0.25, 0.3) is 16.0 Å². The number of carbonyl (C=O) groups is 2. The van der Waals surface area contributed by atoms with Gasteiger partial charge in [-0.2, -0.15) is 0 Å². The van der Waals surface area contributed by atoms with Gasteiger partial charge in [-0.15, -0.1) is 16.4 Å². The first kappa shape index (κ1) is 21.5. The highest BCUT2D eigenvalue weighted by molar-refractivity contribution is 7.17. The van der Waals surface area contributed by atoms with Gasteiger partial charge in [0, 0.05) is 12.2 Å². The summed E-state index contributed by atoms with van der Waals surface area (Å²) >= 11 is 1.27. The molecule has 1 amide bonds. The third-order valence-electron chi connectivity index (χ3n) is 5.01. The lowest BCUT2D eigenvalue weighted by atomic mass is 10.2. The van der Waals surface area contributed by atoms with Crippen LogP contribution in [0.3, 0.4) is 0 Å². The lowest BCUT2D eigenvalue weighted by molar-refractivity contribution is -0.117. The summed E-state index contributed by atoms with van der Waals surface area (Å²) in [6.45, 7) is 2.12. The van der Waals surface area contributed by atoms with Crippen LogP contribution in [0, 0.1) is 0 Å². The molecule has 0 unspecified atom stereocenters. The minimum atomic E-state index is -0.496. The van der Waals surface area contributed by atoms with Crippen molar-refractivity contribution in [3.05, 3.63) is 62.1 Å². The molecule has 0 saturated heterocycles. The van der Waals surface area contributed by atoms with Crippen LogP contribution in [-0.2, 0) is 22.6 Å². The maximum Gasteiger partial charge on any atom is 0.352 e. The first-order valence-corrected chi connectivity index (χ1v) is 10.9. The van der Waals surface area contributed by atoms with Crippen LogP contribution in [0.1, 0.15) is 30.1 Å². The number of aromatic nitrogens is 4. The van der Waals surface area contributed by atoms with Crippen LogP contribution in [0.15, 0.2) is 45.3 Å². The topological polar surface area (TPSA) is 117 Å². The van der Waals surface area contributed by atoms with Crippen molar-refractivity contribution in [2.75, 3.05) is 12.4 Å². The van der Waals surface area contributed by atoms with Crippen LogP contribution in [-0.4, -0.2) is 37.7 Å². The van der Waals surface area contributed by atoms with Gasteiger partial charge in [0.1, 0.15) is 11.2 Å². The normalized spacial score (nSPS) is 11.2. The Morgan fingerprint density at radius 2 is 1.91 bits per heavy atom. The van der Waals surface area contributed by atoms with Gasteiger partial charge in [-0.3, -0.25) is 14.2 Å². The van der Waals surface area contributed by atoms with Gasteiger partial charge in [-0.05, 0) is 42.1 Å². The monoisotopic (exact) mass is 455 g/mol. The molecule has 1 N–H and O–H groups in total. The fourth-order valence-electron chi connectivity index (χ4n) is 3.40. The largest absolute Gasteiger partial charge is 0.465 e. The molecule has 0 aliphatic carbocycles. The lowest BCUT2D eigenvalue weighted by Gasteiger charge is -2.06. The van der Waals surface area contributed by atoms with Gasteiger partial charge in [0.25, 0.3) is 5.56 Å². The van der Waals surface area contributed by atoms with Gasteiger partial charge in [0.15, 0.2) is 0 Å². The number of anilines is 1. The zero-order valence-electron chi connectivity index (χ0n) is 17.5. The second-order valence-electron chi connectivity index (χ2n) is 7.14. The number of carbonyl (C=O) groups excluding carboxylic acids is 2. The van der Waals surface area contributed by atoms with Crippen LogP contribution in [0.4, 0.5) is 5.69 Å². The number of amides is 1. The van der Waals surface area contributed by atoms with E-state index in [1.54, 1.807) is 23.6 Å². The molecule has 1 aromatic carbocycles. The number of esters is 1. The Morgan fingerprint density at radius 3 is 2.59 bits per heavy atom. The van der Waals surface area contributed by atoms with E-state index in [9.17, 15) is 19.2 Å². The summed E-state index contributed by atoms with van der Waals surface area (Å²) in [6, 6.07) is 7.88. The van der Waals surface area contributed by atoms with Gasteiger partial charge >= 0.3 is 11.7 Å². The molecule has 0 spiro atoms. The van der Waals surface area contributed by atoms with Crippen LogP contribution < -0.4 is 16.6 Å². The standard InChI is InChI=1S/C21H21N5O5S/c1-3-4-10-24-18(28)17-15(9-11-32-17)26-20(24)23-25(21(26)30)12-16(27)22-14-7-5-13(6-8-14)19(29)31-2/h5-9,11H,3-4,10,12H2,1-2H3,(H,22,27). The summed E-state index contributed by atoms with van der Waals surface area (Å²) in [5.74, 6) is -0.729. The van der Waals surface area contributed by atoms with Gasteiger partial charge in [0.2, 0.25) is 11.7 Å². The Labute approximate surface area is 185 Å². The Morgan fingerprint density at radius 1 is 1.16 bits per heavy atom. The summed E-state index contributed by atoms with van der Waals surface area (Å²) in [5.41, 5.74) is 0.609. The van der Waals surface area contributed by atoms with E-state index in [0.717, 1.165) is 17.5 Å². The minimum Gasteiger partial charge on any atom is -0.465 e. The van der Waals surface area contributed by atoms with Crippen molar-refractivity contribution in [2.24, 2.45) is 0 Å². The third-order valence-corrected chi connectivity index (χ3v) is 5.90. The first-order valence-electron chi connectivity index (χ1n) is 10.0. The highest BCUT2D eigenvalue weighted by Crippen LogP contribution is 2.17. The highest BCUT2D eigenvalue weighted by Gasteiger charge is 2.19. The predicted molar refractivity (Wildman–Crippen MR) is 120 cm³/mol. The molecule has 32 heavy (non-hydrogen) atoms. The van der Waals surface area contributed by atoms with Crippen molar-refractivity contribution in [3.63, 3.8) is 0 Å². The number of benzene rings is 1. The van der Waals surface area contributed by atoms with E-state index in [1.807, 2.05) is 6.92 Å². The van der Waals surface area contributed by atoms with E-state index >= 15 is 0 Å². The van der Waals surface area contributed by atoms with Crippen LogP contribution >= 0.6 is 11.3 Å². The summed E-state index contributed by atoms with van der Waals surface area (Å²) in [4.78, 5) is 50.0. The zero-order chi connectivity index (χ0) is 22.8. The molecular weight excluding hydrogens is 434 g/mol. The van der Waals surface area contributed by atoms with Crippen molar-refractivity contribution in [3.8, 4) is 0 Å². The van der Waals surface area contributed by atoms with E-state index in [-0.39, 0.29) is 17.9 Å².